The summed E-state index contributed by atoms with van der Waals surface area (Å²) in [6, 6.07) is 9.67. The molecule has 1 aliphatic rings. The third-order valence-electron chi connectivity index (χ3n) is 3.36. The molecule has 0 radical (unpaired) electrons. The van der Waals surface area contributed by atoms with Gasteiger partial charge in [0.25, 0.3) is 0 Å². The number of carbonyl (C=O) groups excluding carboxylic acids is 2. The van der Waals surface area contributed by atoms with Gasteiger partial charge < -0.3 is 4.90 Å². The molecule has 2 rings (SSSR count). The fraction of sp³-hybridized carbons (Fsp3) is 0.400. The largest absolute Gasteiger partial charge is 0.310 e. The topological polar surface area (TPSA) is 84.6 Å². The lowest BCUT2D eigenvalue weighted by molar-refractivity contribution is -0.150. The number of anilines is 1. The zero-order valence-electron chi connectivity index (χ0n) is 12.0. The van der Waals surface area contributed by atoms with E-state index in [-0.39, 0.29) is 12.5 Å². The van der Waals surface area contributed by atoms with E-state index >= 15 is 0 Å². The van der Waals surface area contributed by atoms with Crippen molar-refractivity contribution in [1.29, 1.82) is 5.26 Å². The van der Waals surface area contributed by atoms with Gasteiger partial charge in [-0.15, -0.1) is 11.8 Å². The molecule has 0 aliphatic carbocycles. The molecule has 0 bridgehead atoms. The summed E-state index contributed by atoms with van der Waals surface area (Å²) in [5, 5.41) is 17.9. The Hall–Kier alpha value is -2.04. The zero-order chi connectivity index (χ0) is 15.9. The van der Waals surface area contributed by atoms with E-state index in [1.165, 1.54) is 11.8 Å². The van der Waals surface area contributed by atoms with Gasteiger partial charge in [0.15, 0.2) is 0 Å². The van der Waals surface area contributed by atoms with Crippen LogP contribution in [0.5, 0.6) is 0 Å². The maximum atomic E-state index is 12.6. The van der Waals surface area contributed by atoms with E-state index in [1.807, 2.05) is 24.3 Å². The summed E-state index contributed by atoms with van der Waals surface area (Å²) < 4.78 is 0. The second-order valence-corrected chi connectivity index (χ2v) is 6.15. The quantitative estimate of drug-likeness (QED) is 0.360. The van der Waals surface area contributed by atoms with Crippen LogP contribution in [0, 0.1) is 11.3 Å². The normalized spacial score (nSPS) is 16.8. The number of fused-ring (bicyclic) bond motifs is 1. The van der Waals surface area contributed by atoms with Gasteiger partial charge in [0.1, 0.15) is 5.25 Å². The van der Waals surface area contributed by atoms with E-state index in [4.69, 9.17) is 5.26 Å². The number of unbranched alkanes of at least 4 members (excludes halogenated alkanes) is 2. The summed E-state index contributed by atoms with van der Waals surface area (Å²) in [5.41, 5.74) is 0.848. The molecule has 2 amide bonds. The minimum absolute atomic E-state index is 0.0456. The Morgan fingerprint density at radius 2 is 2.18 bits per heavy atom. The van der Waals surface area contributed by atoms with Gasteiger partial charge in [0.05, 0.1) is 18.3 Å². The van der Waals surface area contributed by atoms with Gasteiger partial charge in [-0.25, -0.2) is 5.06 Å². The minimum Gasteiger partial charge on any atom is -0.310 e. The first kappa shape index (κ1) is 16.3. The maximum absolute atomic E-state index is 12.6. The highest BCUT2D eigenvalue weighted by molar-refractivity contribution is 8.01. The Morgan fingerprint density at radius 1 is 1.41 bits per heavy atom. The molecule has 6 nitrogen and oxygen atoms in total. The molecule has 0 spiro atoms. The molecule has 116 valence electrons. The molecule has 1 unspecified atom stereocenters. The van der Waals surface area contributed by atoms with Crippen LogP contribution in [0.1, 0.15) is 19.3 Å². The molecule has 1 atom stereocenters. The monoisotopic (exact) mass is 319 g/mol. The number of carbonyl (C=O) groups is 2. The predicted octanol–water partition coefficient (Wildman–Crippen LogP) is 2.04. The Balaban J connectivity index is 2.15. The van der Waals surface area contributed by atoms with Gasteiger partial charge >= 0.3 is 0 Å². The number of nitrogens with zero attached hydrogens (tertiary/aromatic N) is 3. The van der Waals surface area contributed by atoms with Crippen LogP contribution in [0.25, 0.3) is 0 Å². The molecule has 0 aromatic heterocycles. The molecule has 22 heavy (non-hydrogen) atoms. The van der Waals surface area contributed by atoms with Crippen molar-refractivity contribution in [3.63, 3.8) is 0 Å². The van der Waals surface area contributed by atoms with E-state index in [1.54, 1.807) is 4.90 Å². The molecular formula is C15H17N3O3S. The fourth-order valence-corrected chi connectivity index (χ4v) is 3.53. The van der Waals surface area contributed by atoms with Crippen molar-refractivity contribution >= 4 is 29.8 Å². The van der Waals surface area contributed by atoms with E-state index < -0.39 is 5.25 Å². The third-order valence-corrected chi connectivity index (χ3v) is 4.60. The average Bonchev–Trinajstić information content (AvgIpc) is 2.54. The van der Waals surface area contributed by atoms with Crippen LogP contribution in [-0.2, 0) is 9.59 Å². The summed E-state index contributed by atoms with van der Waals surface area (Å²) >= 11 is 1.35. The molecule has 1 heterocycles. The smallest absolute Gasteiger partial charge is 0.242 e. The minimum atomic E-state index is -0.527. The number of rotatable bonds is 7. The van der Waals surface area contributed by atoms with Crippen molar-refractivity contribution in [3.05, 3.63) is 24.3 Å². The van der Waals surface area contributed by atoms with Gasteiger partial charge in [-0.1, -0.05) is 12.1 Å². The third kappa shape index (κ3) is 3.78. The van der Waals surface area contributed by atoms with Crippen LogP contribution in [-0.4, -0.2) is 40.9 Å². The average molecular weight is 319 g/mol. The highest BCUT2D eigenvalue weighted by atomic mass is 32.2. The highest BCUT2D eigenvalue weighted by Crippen LogP contribution is 2.39. The number of hydrogen-bond donors (Lipinski definition) is 1. The SMILES string of the molecule is N#CCCCCN1C(=O)C(CN(O)C=O)Sc2ccccc21. The number of para-hydroxylation sites is 1. The van der Waals surface area contributed by atoms with E-state index in [9.17, 15) is 14.8 Å². The summed E-state index contributed by atoms with van der Waals surface area (Å²) in [5.74, 6) is -0.124. The number of hydrogen-bond acceptors (Lipinski definition) is 5. The second-order valence-electron chi connectivity index (χ2n) is 4.91. The number of thioether (sulfide) groups is 1. The van der Waals surface area contributed by atoms with Crippen LogP contribution in [0.3, 0.4) is 0 Å². The Labute approximate surface area is 133 Å². The molecule has 1 aromatic carbocycles. The Morgan fingerprint density at radius 3 is 2.91 bits per heavy atom. The first-order chi connectivity index (χ1) is 10.7. The zero-order valence-corrected chi connectivity index (χ0v) is 12.8. The molecule has 0 saturated heterocycles. The lowest BCUT2D eigenvalue weighted by Crippen LogP contribution is -2.45. The van der Waals surface area contributed by atoms with Crippen molar-refractivity contribution in [1.82, 2.24) is 5.06 Å². The first-order valence-electron chi connectivity index (χ1n) is 7.02. The maximum Gasteiger partial charge on any atom is 0.242 e. The summed E-state index contributed by atoms with van der Waals surface area (Å²) in [6.07, 6.45) is 2.24. The van der Waals surface area contributed by atoms with Crippen molar-refractivity contribution < 1.29 is 14.8 Å². The van der Waals surface area contributed by atoms with Crippen molar-refractivity contribution in [2.24, 2.45) is 0 Å². The van der Waals surface area contributed by atoms with Crippen LogP contribution in [0.2, 0.25) is 0 Å². The number of amides is 2. The van der Waals surface area contributed by atoms with Gasteiger partial charge in [0.2, 0.25) is 12.3 Å². The van der Waals surface area contributed by atoms with Crippen molar-refractivity contribution in [3.8, 4) is 6.07 Å². The summed E-state index contributed by atoms with van der Waals surface area (Å²) in [4.78, 5) is 25.8. The van der Waals surface area contributed by atoms with Crippen LogP contribution < -0.4 is 4.90 Å². The van der Waals surface area contributed by atoms with E-state index in [0.29, 0.717) is 24.4 Å². The van der Waals surface area contributed by atoms with Gasteiger partial charge in [-0.3, -0.25) is 14.8 Å². The van der Waals surface area contributed by atoms with Gasteiger partial charge in [-0.2, -0.15) is 5.26 Å². The molecule has 1 aromatic rings. The molecular weight excluding hydrogens is 302 g/mol. The van der Waals surface area contributed by atoms with Crippen molar-refractivity contribution in [2.45, 2.75) is 29.4 Å². The standard InChI is InChI=1S/C15H17N3O3S/c16-8-4-1-5-9-18-12-6-2-3-7-13(12)22-14(15(18)20)10-17(21)11-19/h2-3,6-7,11,14,21H,1,4-5,9-10H2. The van der Waals surface area contributed by atoms with Gasteiger partial charge in [0, 0.05) is 17.9 Å². The number of benzene rings is 1. The fourth-order valence-electron chi connectivity index (χ4n) is 2.31. The second kappa shape index (κ2) is 7.82. The molecule has 7 heteroatoms. The molecule has 0 fully saturated rings. The number of nitriles is 1. The van der Waals surface area contributed by atoms with Crippen molar-refractivity contribution in [2.75, 3.05) is 18.0 Å². The Bertz CT molecular complexity index is 588. The Kier molecular flexibility index (Phi) is 5.81. The summed E-state index contributed by atoms with van der Waals surface area (Å²) in [7, 11) is 0. The lowest BCUT2D eigenvalue weighted by Gasteiger charge is -2.34. The van der Waals surface area contributed by atoms with Gasteiger partial charge in [-0.05, 0) is 25.0 Å². The highest BCUT2D eigenvalue weighted by Gasteiger charge is 2.34. The summed E-state index contributed by atoms with van der Waals surface area (Å²) in [6.45, 7) is 0.483. The lowest BCUT2D eigenvalue weighted by atomic mass is 10.2. The molecule has 1 aliphatic heterocycles. The van der Waals surface area contributed by atoms with Crippen LogP contribution >= 0.6 is 11.8 Å². The molecule has 0 saturated carbocycles. The van der Waals surface area contributed by atoms with E-state index in [0.717, 1.165) is 23.4 Å². The predicted molar refractivity (Wildman–Crippen MR) is 82.5 cm³/mol. The van der Waals surface area contributed by atoms with Crippen LogP contribution in [0.4, 0.5) is 5.69 Å². The molecule has 1 N–H and O–H groups in total. The number of hydroxylamine groups is 2. The first-order valence-corrected chi connectivity index (χ1v) is 7.90. The van der Waals surface area contributed by atoms with Crippen LogP contribution in [0.15, 0.2) is 29.2 Å². The van der Waals surface area contributed by atoms with E-state index in [2.05, 4.69) is 6.07 Å².